The lowest BCUT2D eigenvalue weighted by atomic mass is 10.2. The number of thioether (sulfide) groups is 1. The smallest absolute Gasteiger partial charge is 0.358 e. The Morgan fingerprint density at radius 2 is 2.28 bits per heavy atom. The van der Waals surface area contributed by atoms with Crippen molar-refractivity contribution < 1.29 is 14.6 Å². The van der Waals surface area contributed by atoms with Gasteiger partial charge in [0.1, 0.15) is 5.82 Å². The van der Waals surface area contributed by atoms with Crippen LogP contribution >= 0.6 is 11.8 Å². The number of aliphatic hydroxyl groups is 1. The van der Waals surface area contributed by atoms with Gasteiger partial charge in [0, 0.05) is 11.3 Å². The molecule has 100 valence electrons. The van der Waals surface area contributed by atoms with Crippen molar-refractivity contribution in [3.8, 4) is 0 Å². The van der Waals surface area contributed by atoms with Crippen LogP contribution in [0.15, 0.2) is 12.4 Å². The number of nitrogens with zero attached hydrogens (tertiary/aromatic N) is 2. The summed E-state index contributed by atoms with van der Waals surface area (Å²) in [4.78, 5) is 19.2. The maximum Gasteiger partial charge on any atom is 0.358 e. The van der Waals surface area contributed by atoms with Gasteiger partial charge >= 0.3 is 5.97 Å². The van der Waals surface area contributed by atoms with E-state index in [0.29, 0.717) is 5.82 Å². The van der Waals surface area contributed by atoms with Crippen LogP contribution < -0.4 is 5.32 Å². The van der Waals surface area contributed by atoms with Crippen LogP contribution in [0, 0.1) is 0 Å². The third kappa shape index (κ3) is 3.85. The highest BCUT2D eigenvalue weighted by Gasteiger charge is 2.15. The van der Waals surface area contributed by atoms with Gasteiger partial charge in [0.15, 0.2) is 5.69 Å². The lowest BCUT2D eigenvalue weighted by Crippen LogP contribution is -2.31. The fourth-order valence-corrected chi connectivity index (χ4v) is 2.00. The first-order chi connectivity index (χ1) is 8.62. The van der Waals surface area contributed by atoms with Gasteiger partial charge in [-0.05, 0) is 13.2 Å². The third-order valence-corrected chi connectivity index (χ3v) is 3.63. The lowest BCUT2D eigenvalue weighted by Gasteiger charge is -2.21. The Kier molecular flexibility index (Phi) is 5.87. The fraction of sp³-hybridized carbons (Fsp3) is 0.545. The highest BCUT2D eigenvalue weighted by Crippen LogP contribution is 2.14. The quantitative estimate of drug-likeness (QED) is 0.740. The molecule has 0 aliphatic rings. The first-order valence-electron chi connectivity index (χ1n) is 5.43. The summed E-state index contributed by atoms with van der Waals surface area (Å²) in [6.07, 6.45) is 4.76. The number of rotatable bonds is 6. The van der Waals surface area contributed by atoms with Crippen LogP contribution in [0.25, 0.3) is 0 Å². The molecule has 1 aromatic heterocycles. The zero-order chi connectivity index (χ0) is 13.5. The number of esters is 1. The summed E-state index contributed by atoms with van der Waals surface area (Å²) in [6.45, 7) is 2.04. The molecule has 0 saturated carbocycles. The molecule has 0 fully saturated rings. The van der Waals surface area contributed by atoms with E-state index in [9.17, 15) is 4.79 Å². The van der Waals surface area contributed by atoms with Crippen molar-refractivity contribution in [3.05, 3.63) is 18.1 Å². The Morgan fingerprint density at radius 1 is 1.56 bits per heavy atom. The molecule has 0 aliphatic heterocycles. The van der Waals surface area contributed by atoms with Gasteiger partial charge in [-0.3, -0.25) is 0 Å². The van der Waals surface area contributed by atoms with Gasteiger partial charge in [0.2, 0.25) is 0 Å². The van der Waals surface area contributed by atoms with Gasteiger partial charge in [-0.15, -0.1) is 0 Å². The van der Waals surface area contributed by atoms with Crippen molar-refractivity contribution in [2.45, 2.75) is 18.2 Å². The second-order valence-corrected chi connectivity index (χ2v) is 4.75. The first kappa shape index (κ1) is 14.7. The normalized spacial score (nSPS) is 13.8. The molecule has 1 rings (SSSR count). The highest BCUT2D eigenvalue weighted by atomic mass is 32.2. The zero-order valence-corrected chi connectivity index (χ0v) is 11.4. The minimum absolute atomic E-state index is 0.0447. The molecule has 0 saturated heterocycles. The number of hydrogen-bond acceptors (Lipinski definition) is 7. The molecule has 18 heavy (non-hydrogen) atoms. The summed E-state index contributed by atoms with van der Waals surface area (Å²) in [6, 6.07) is 0.0447. The van der Waals surface area contributed by atoms with Crippen molar-refractivity contribution in [3.63, 3.8) is 0 Å². The second kappa shape index (κ2) is 7.17. The van der Waals surface area contributed by atoms with E-state index in [2.05, 4.69) is 20.0 Å². The van der Waals surface area contributed by atoms with Gasteiger partial charge in [0.05, 0.1) is 26.1 Å². The molecular weight excluding hydrogens is 254 g/mol. The van der Waals surface area contributed by atoms with Gasteiger partial charge < -0.3 is 15.2 Å². The number of anilines is 1. The molecule has 1 aromatic rings. The fourth-order valence-electron chi connectivity index (χ4n) is 1.38. The van der Waals surface area contributed by atoms with Crippen molar-refractivity contribution >= 4 is 23.5 Å². The lowest BCUT2D eigenvalue weighted by molar-refractivity contribution is 0.0593. The van der Waals surface area contributed by atoms with E-state index in [0.717, 1.165) is 0 Å². The molecule has 2 unspecified atom stereocenters. The predicted molar refractivity (Wildman–Crippen MR) is 70.8 cm³/mol. The van der Waals surface area contributed by atoms with Crippen molar-refractivity contribution in [1.29, 1.82) is 0 Å². The van der Waals surface area contributed by atoms with E-state index in [-0.39, 0.29) is 23.6 Å². The minimum Gasteiger partial charge on any atom is -0.464 e. The molecule has 7 heteroatoms. The summed E-state index contributed by atoms with van der Waals surface area (Å²) in [5, 5.41) is 12.4. The van der Waals surface area contributed by atoms with Gasteiger partial charge in [-0.1, -0.05) is 0 Å². The Labute approximate surface area is 110 Å². The maximum atomic E-state index is 11.2. The van der Waals surface area contributed by atoms with Crippen LogP contribution in [0.2, 0.25) is 0 Å². The minimum atomic E-state index is -0.514. The van der Waals surface area contributed by atoms with E-state index in [4.69, 9.17) is 5.11 Å². The van der Waals surface area contributed by atoms with Crippen LogP contribution in [0.1, 0.15) is 17.4 Å². The van der Waals surface area contributed by atoms with Crippen LogP contribution in [-0.4, -0.2) is 52.3 Å². The third-order valence-electron chi connectivity index (χ3n) is 2.46. The number of carbonyl (C=O) groups excluding carboxylic acids is 1. The topological polar surface area (TPSA) is 84.3 Å². The average molecular weight is 271 g/mol. The van der Waals surface area contributed by atoms with Crippen molar-refractivity contribution in [2.24, 2.45) is 0 Å². The molecule has 0 spiro atoms. The maximum absolute atomic E-state index is 11.2. The van der Waals surface area contributed by atoms with Gasteiger partial charge in [-0.2, -0.15) is 11.8 Å². The number of hydrogen-bond donors (Lipinski definition) is 2. The molecular formula is C11H17N3O3S. The van der Waals surface area contributed by atoms with E-state index in [1.165, 1.54) is 19.5 Å². The number of methoxy groups -OCH3 is 1. The van der Waals surface area contributed by atoms with E-state index in [1.807, 2.05) is 13.2 Å². The standard InChI is InChI=1S/C11H17N3O3S/c1-7(9(6-15)18-3)14-10-5-12-8(4-13-10)11(16)17-2/h4-5,7,9,15H,6H2,1-3H3,(H,13,14). The molecule has 2 atom stereocenters. The van der Waals surface area contributed by atoms with Gasteiger partial charge in [0.25, 0.3) is 0 Å². The number of aromatic nitrogens is 2. The zero-order valence-electron chi connectivity index (χ0n) is 10.6. The molecule has 2 N–H and O–H groups in total. The van der Waals surface area contributed by atoms with Gasteiger partial charge in [-0.25, -0.2) is 14.8 Å². The number of ether oxygens (including phenoxy) is 1. The van der Waals surface area contributed by atoms with E-state index in [1.54, 1.807) is 11.8 Å². The number of carbonyl (C=O) groups is 1. The van der Waals surface area contributed by atoms with Crippen molar-refractivity contribution in [1.82, 2.24) is 9.97 Å². The summed E-state index contributed by atoms with van der Waals surface area (Å²) in [7, 11) is 1.29. The van der Waals surface area contributed by atoms with Crippen LogP contribution in [0.3, 0.4) is 0 Å². The number of nitrogens with one attached hydrogen (secondary N) is 1. The summed E-state index contributed by atoms with van der Waals surface area (Å²) in [5.74, 6) is 0.0436. The monoisotopic (exact) mass is 271 g/mol. The van der Waals surface area contributed by atoms with Crippen LogP contribution in [0.4, 0.5) is 5.82 Å². The summed E-state index contributed by atoms with van der Waals surface area (Å²) < 4.78 is 4.53. The Morgan fingerprint density at radius 3 is 2.72 bits per heavy atom. The Hall–Kier alpha value is -1.34. The first-order valence-corrected chi connectivity index (χ1v) is 6.71. The summed E-state index contributed by atoms with van der Waals surface area (Å²) in [5.41, 5.74) is 0.166. The number of aliphatic hydroxyl groups excluding tert-OH is 1. The average Bonchev–Trinajstić information content (AvgIpc) is 2.40. The second-order valence-electron chi connectivity index (χ2n) is 3.67. The Balaban J connectivity index is 2.66. The molecule has 6 nitrogen and oxygen atoms in total. The van der Waals surface area contributed by atoms with Crippen LogP contribution in [0.5, 0.6) is 0 Å². The summed E-state index contributed by atoms with van der Waals surface area (Å²) >= 11 is 1.57. The van der Waals surface area contributed by atoms with Crippen molar-refractivity contribution in [2.75, 3.05) is 25.3 Å². The molecule has 0 aromatic carbocycles. The largest absolute Gasteiger partial charge is 0.464 e. The van der Waals surface area contributed by atoms with E-state index < -0.39 is 5.97 Å². The molecule has 0 bridgehead atoms. The SMILES string of the molecule is COC(=O)c1cnc(NC(C)C(CO)SC)cn1. The van der Waals surface area contributed by atoms with E-state index >= 15 is 0 Å². The molecule has 0 amide bonds. The van der Waals surface area contributed by atoms with Crippen LogP contribution in [-0.2, 0) is 4.74 Å². The predicted octanol–water partition coefficient (Wildman–Crippen LogP) is 0.787. The highest BCUT2D eigenvalue weighted by molar-refractivity contribution is 7.99. The molecule has 0 aliphatic carbocycles. The Bertz CT molecular complexity index is 382. The molecule has 1 heterocycles. The molecule has 0 radical (unpaired) electrons.